The molecule has 1 saturated heterocycles. The van der Waals surface area contributed by atoms with Gasteiger partial charge in [-0.2, -0.15) is 5.10 Å². The summed E-state index contributed by atoms with van der Waals surface area (Å²) in [6.07, 6.45) is 7.50. The van der Waals surface area contributed by atoms with Gasteiger partial charge in [0.2, 0.25) is 0 Å². The number of hydrogen-bond donors (Lipinski definition) is 1. The van der Waals surface area contributed by atoms with E-state index in [1.165, 1.54) is 0 Å². The number of carbonyl (C=O) groups is 1. The lowest BCUT2D eigenvalue weighted by molar-refractivity contribution is -0.137. The first-order valence-corrected chi connectivity index (χ1v) is 8.40. The zero-order valence-corrected chi connectivity index (χ0v) is 14.3. The first-order chi connectivity index (χ1) is 12.2. The number of carboxylic acid groups (broad SMARTS) is 1. The van der Waals surface area contributed by atoms with E-state index in [2.05, 4.69) is 20.0 Å². The van der Waals surface area contributed by atoms with Crippen molar-refractivity contribution in [2.45, 2.75) is 38.5 Å². The molecule has 3 rings (SSSR count). The van der Waals surface area contributed by atoms with Gasteiger partial charge in [-0.3, -0.25) is 14.4 Å². The van der Waals surface area contributed by atoms with Crippen molar-refractivity contribution < 1.29 is 14.6 Å². The Morgan fingerprint density at radius 1 is 1.40 bits per heavy atom. The van der Waals surface area contributed by atoms with Gasteiger partial charge in [-0.1, -0.05) is 0 Å². The fourth-order valence-corrected chi connectivity index (χ4v) is 3.32. The molecule has 1 aliphatic rings. The van der Waals surface area contributed by atoms with E-state index in [4.69, 9.17) is 9.84 Å². The van der Waals surface area contributed by atoms with Crippen molar-refractivity contribution in [3.05, 3.63) is 41.7 Å². The van der Waals surface area contributed by atoms with Gasteiger partial charge in [0.15, 0.2) is 5.82 Å². The van der Waals surface area contributed by atoms with Crippen LogP contribution in [-0.4, -0.2) is 55.9 Å². The lowest BCUT2D eigenvalue weighted by Gasteiger charge is -2.32. The molecule has 25 heavy (non-hydrogen) atoms. The molecule has 1 atom stereocenters. The fraction of sp³-hybridized carbons (Fsp3) is 0.529. The standard InChI is InChI=1S/C17H23N5O3/c1-25-12-16-18-7-13(8-19-16)9-21-6-2-3-14(10-21)15-4-5-20-22(15)11-17(23)24/h4-5,7-8,14H,2-3,6,9-12H2,1H3,(H,23,24)/t14-/m1/s1. The second-order valence-corrected chi connectivity index (χ2v) is 6.32. The summed E-state index contributed by atoms with van der Waals surface area (Å²) >= 11 is 0. The van der Waals surface area contributed by atoms with E-state index >= 15 is 0 Å². The van der Waals surface area contributed by atoms with E-state index in [0.29, 0.717) is 18.3 Å². The molecule has 2 aromatic rings. The van der Waals surface area contributed by atoms with Gasteiger partial charge in [-0.25, -0.2) is 9.97 Å². The maximum Gasteiger partial charge on any atom is 0.325 e. The molecule has 0 aromatic carbocycles. The zero-order valence-electron chi connectivity index (χ0n) is 14.3. The number of aliphatic carboxylic acids is 1. The third kappa shape index (κ3) is 4.61. The van der Waals surface area contributed by atoms with Crippen LogP contribution in [0.15, 0.2) is 24.7 Å². The van der Waals surface area contributed by atoms with Crippen molar-refractivity contribution >= 4 is 5.97 Å². The summed E-state index contributed by atoms with van der Waals surface area (Å²) in [6.45, 7) is 3.01. The van der Waals surface area contributed by atoms with Crippen molar-refractivity contribution in [1.29, 1.82) is 0 Å². The van der Waals surface area contributed by atoms with Gasteiger partial charge in [-0.15, -0.1) is 0 Å². The highest BCUT2D eigenvalue weighted by Gasteiger charge is 2.24. The summed E-state index contributed by atoms with van der Waals surface area (Å²) in [5.41, 5.74) is 2.07. The van der Waals surface area contributed by atoms with E-state index < -0.39 is 5.97 Å². The van der Waals surface area contributed by atoms with Gasteiger partial charge < -0.3 is 9.84 Å². The lowest BCUT2D eigenvalue weighted by atomic mass is 9.94. The molecule has 0 aliphatic carbocycles. The Kier molecular flexibility index (Phi) is 5.72. The quantitative estimate of drug-likeness (QED) is 0.808. The van der Waals surface area contributed by atoms with Gasteiger partial charge in [0.1, 0.15) is 13.2 Å². The highest BCUT2D eigenvalue weighted by molar-refractivity contribution is 5.66. The van der Waals surface area contributed by atoms with E-state index in [1.54, 1.807) is 18.0 Å². The number of nitrogens with zero attached hydrogens (tertiary/aromatic N) is 5. The minimum atomic E-state index is -0.870. The highest BCUT2D eigenvalue weighted by atomic mass is 16.5. The van der Waals surface area contributed by atoms with Crippen molar-refractivity contribution in [2.75, 3.05) is 20.2 Å². The molecule has 0 bridgehead atoms. The SMILES string of the molecule is COCc1ncc(CN2CCC[C@@H](c3ccnn3CC(=O)O)C2)cn1. The molecule has 134 valence electrons. The molecule has 0 radical (unpaired) electrons. The largest absolute Gasteiger partial charge is 0.480 e. The summed E-state index contributed by atoms with van der Waals surface area (Å²) in [4.78, 5) is 22.0. The molecule has 1 fully saturated rings. The Morgan fingerprint density at radius 3 is 2.92 bits per heavy atom. The number of piperidine rings is 1. The van der Waals surface area contributed by atoms with Gasteiger partial charge in [0, 0.05) is 56.0 Å². The lowest BCUT2D eigenvalue weighted by Crippen LogP contribution is -2.35. The molecular weight excluding hydrogens is 322 g/mol. The third-order valence-corrected chi connectivity index (χ3v) is 4.40. The van der Waals surface area contributed by atoms with Crippen LogP contribution in [0.1, 0.15) is 35.8 Å². The van der Waals surface area contributed by atoms with Crippen LogP contribution in [0.4, 0.5) is 0 Å². The summed E-state index contributed by atoms with van der Waals surface area (Å²) in [6, 6.07) is 1.93. The monoisotopic (exact) mass is 345 g/mol. The molecule has 3 heterocycles. The summed E-state index contributed by atoms with van der Waals surface area (Å²) in [5, 5.41) is 13.2. The average Bonchev–Trinajstić information content (AvgIpc) is 3.04. The number of ether oxygens (including phenoxy) is 1. The second-order valence-electron chi connectivity index (χ2n) is 6.32. The maximum atomic E-state index is 11.0. The van der Waals surface area contributed by atoms with Crippen LogP contribution >= 0.6 is 0 Å². The molecule has 2 aromatic heterocycles. The Labute approximate surface area is 146 Å². The molecule has 8 heteroatoms. The molecule has 0 spiro atoms. The molecule has 0 saturated carbocycles. The van der Waals surface area contributed by atoms with Crippen LogP contribution < -0.4 is 0 Å². The minimum Gasteiger partial charge on any atom is -0.480 e. The topological polar surface area (TPSA) is 93.4 Å². The zero-order chi connectivity index (χ0) is 17.6. The molecule has 0 unspecified atom stereocenters. The van der Waals surface area contributed by atoms with Gasteiger partial charge >= 0.3 is 5.97 Å². The van der Waals surface area contributed by atoms with E-state index in [1.807, 2.05) is 18.5 Å². The Balaban J connectivity index is 1.63. The van der Waals surface area contributed by atoms with E-state index in [0.717, 1.165) is 43.7 Å². The summed E-state index contributed by atoms with van der Waals surface area (Å²) in [7, 11) is 1.63. The van der Waals surface area contributed by atoms with E-state index in [-0.39, 0.29) is 6.54 Å². The number of likely N-dealkylation sites (tertiary alicyclic amines) is 1. The Morgan fingerprint density at radius 2 is 2.20 bits per heavy atom. The van der Waals surface area contributed by atoms with Crippen LogP contribution in [0.2, 0.25) is 0 Å². The summed E-state index contributed by atoms with van der Waals surface area (Å²) < 4.78 is 6.62. The van der Waals surface area contributed by atoms with Crippen molar-refractivity contribution in [2.24, 2.45) is 0 Å². The van der Waals surface area contributed by atoms with Crippen molar-refractivity contribution in [1.82, 2.24) is 24.6 Å². The Hall–Kier alpha value is -2.32. The van der Waals surface area contributed by atoms with Crippen molar-refractivity contribution in [3.63, 3.8) is 0 Å². The summed E-state index contributed by atoms with van der Waals surface area (Å²) in [5.74, 6) is 0.107. The number of methoxy groups -OCH3 is 1. The molecule has 0 amide bonds. The Bertz CT molecular complexity index is 701. The smallest absolute Gasteiger partial charge is 0.325 e. The molecular formula is C17H23N5O3. The van der Waals surface area contributed by atoms with Crippen molar-refractivity contribution in [3.8, 4) is 0 Å². The average molecular weight is 345 g/mol. The third-order valence-electron chi connectivity index (χ3n) is 4.40. The number of hydrogen-bond acceptors (Lipinski definition) is 6. The fourth-order valence-electron chi connectivity index (χ4n) is 3.32. The van der Waals surface area contributed by atoms with Crippen LogP contribution in [0.3, 0.4) is 0 Å². The van der Waals surface area contributed by atoms with E-state index in [9.17, 15) is 4.79 Å². The van der Waals surface area contributed by atoms with Crippen LogP contribution in [0.5, 0.6) is 0 Å². The van der Waals surface area contributed by atoms with Gasteiger partial charge in [0.05, 0.1) is 0 Å². The molecule has 1 aliphatic heterocycles. The first-order valence-electron chi connectivity index (χ1n) is 8.40. The number of rotatable bonds is 7. The highest BCUT2D eigenvalue weighted by Crippen LogP contribution is 2.27. The predicted molar refractivity (Wildman–Crippen MR) is 89.9 cm³/mol. The maximum absolute atomic E-state index is 11.0. The van der Waals surface area contributed by atoms with Gasteiger partial charge in [-0.05, 0) is 25.5 Å². The number of aromatic nitrogens is 4. The minimum absolute atomic E-state index is 0.0896. The second kappa shape index (κ2) is 8.17. The molecule has 8 nitrogen and oxygen atoms in total. The van der Waals surface area contributed by atoms with Crippen LogP contribution in [-0.2, 0) is 29.2 Å². The predicted octanol–water partition coefficient (Wildman–Crippen LogP) is 1.28. The normalized spacial score (nSPS) is 18.4. The molecule has 1 N–H and O–H groups in total. The van der Waals surface area contributed by atoms with Crippen LogP contribution in [0, 0.1) is 0 Å². The number of carboxylic acids is 1. The van der Waals surface area contributed by atoms with Gasteiger partial charge in [0.25, 0.3) is 0 Å². The van der Waals surface area contributed by atoms with Crippen LogP contribution in [0.25, 0.3) is 0 Å². The first kappa shape index (κ1) is 17.5.